The second-order valence-electron chi connectivity index (χ2n) is 11.0. The highest BCUT2D eigenvalue weighted by Crippen LogP contribution is 2.57. The minimum Gasteiger partial charge on any atom is -0.481 e. The van der Waals surface area contributed by atoms with Gasteiger partial charge in [-0.2, -0.15) is 4.31 Å². The maximum Gasteiger partial charge on any atom is 0.310 e. The predicted octanol–water partition coefficient (Wildman–Crippen LogP) is 6.46. The number of carbonyl (C=O) groups is 1. The first-order chi connectivity index (χ1) is 19.4. The van der Waals surface area contributed by atoms with Gasteiger partial charge in [-0.15, -0.1) is 27.2 Å². The standard InChI is InChI=1S/C29H37N5O5S2/c1-7-20-16-33(41(37,38)24-10-9-13-30-27(24)39-20)15-19-14-23(40-18(19)4)25(29(5,6)28(35)36)21-11-12-22-26(17(21)3)31-32-34(22)8-2/h9-14,20,25,37-38H,7-8,15-16H2,1-6H3,(H,35,36)/t20-,25-/m1/s1. The molecule has 220 valence electrons. The van der Waals surface area contributed by atoms with Gasteiger partial charge in [0, 0.05) is 35.0 Å². The summed E-state index contributed by atoms with van der Waals surface area (Å²) >= 11 is 1.54. The van der Waals surface area contributed by atoms with Crippen LogP contribution in [0.1, 0.15) is 66.5 Å². The van der Waals surface area contributed by atoms with Crippen LogP contribution in [-0.2, 0) is 17.9 Å². The Morgan fingerprint density at radius 3 is 2.68 bits per heavy atom. The normalized spacial score (nSPS) is 18.9. The van der Waals surface area contributed by atoms with Gasteiger partial charge in [-0.25, -0.2) is 9.67 Å². The van der Waals surface area contributed by atoms with Crippen LogP contribution in [0.5, 0.6) is 5.88 Å². The fraction of sp³-hybridized carbons (Fsp3) is 0.448. The number of rotatable bonds is 8. The van der Waals surface area contributed by atoms with Crippen molar-refractivity contribution in [3.8, 4) is 5.88 Å². The van der Waals surface area contributed by atoms with Crippen molar-refractivity contribution in [2.24, 2.45) is 5.41 Å². The minimum atomic E-state index is -3.37. The molecular formula is C29H37N5O5S2. The van der Waals surface area contributed by atoms with Crippen molar-refractivity contribution in [2.45, 2.75) is 78.0 Å². The van der Waals surface area contributed by atoms with E-state index in [-0.39, 0.29) is 23.4 Å². The van der Waals surface area contributed by atoms with Gasteiger partial charge in [0.25, 0.3) is 0 Å². The summed E-state index contributed by atoms with van der Waals surface area (Å²) in [7, 11) is -3.37. The number of carboxylic acid groups (broad SMARTS) is 1. The number of pyridine rings is 1. The first-order valence-corrected chi connectivity index (χ1v) is 16.0. The summed E-state index contributed by atoms with van der Waals surface area (Å²) in [5.74, 6) is -1.12. The predicted molar refractivity (Wildman–Crippen MR) is 161 cm³/mol. The fourth-order valence-corrected chi connectivity index (χ4v) is 8.41. The number of nitrogens with zero attached hydrogens (tertiary/aromatic N) is 5. The number of carboxylic acids is 1. The van der Waals surface area contributed by atoms with Gasteiger partial charge in [-0.3, -0.25) is 13.9 Å². The van der Waals surface area contributed by atoms with Gasteiger partial charge in [-0.05, 0) is 82.0 Å². The highest BCUT2D eigenvalue weighted by molar-refractivity contribution is 8.22. The molecule has 0 saturated carbocycles. The number of benzene rings is 1. The van der Waals surface area contributed by atoms with Crippen molar-refractivity contribution in [1.29, 1.82) is 0 Å². The molecule has 1 aliphatic heterocycles. The third-order valence-corrected chi connectivity index (χ3v) is 11.1. The zero-order valence-electron chi connectivity index (χ0n) is 24.2. The zero-order chi connectivity index (χ0) is 29.7. The van der Waals surface area contributed by atoms with E-state index in [0.29, 0.717) is 19.5 Å². The molecule has 0 amide bonds. The molecule has 0 unspecified atom stereocenters. The van der Waals surface area contributed by atoms with E-state index in [1.54, 1.807) is 47.8 Å². The van der Waals surface area contributed by atoms with Crippen molar-refractivity contribution >= 4 is 39.1 Å². The van der Waals surface area contributed by atoms with E-state index in [2.05, 4.69) is 15.3 Å². The molecule has 4 aromatic rings. The van der Waals surface area contributed by atoms with Crippen LogP contribution < -0.4 is 4.74 Å². The number of thiophene rings is 1. The van der Waals surface area contributed by atoms with Crippen LogP contribution in [0.25, 0.3) is 11.0 Å². The van der Waals surface area contributed by atoms with Crippen molar-refractivity contribution in [3.05, 3.63) is 63.0 Å². The third-order valence-electron chi connectivity index (χ3n) is 8.07. The van der Waals surface area contributed by atoms with Gasteiger partial charge in [-0.1, -0.05) is 18.2 Å². The van der Waals surface area contributed by atoms with Crippen LogP contribution in [0.4, 0.5) is 0 Å². The van der Waals surface area contributed by atoms with Crippen LogP contribution in [0.2, 0.25) is 0 Å². The van der Waals surface area contributed by atoms with E-state index in [9.17, 15) is 19.0 Å². The topological polar surface area (TPSA) is 134 Å². The summed E-state index contributed by atoms with van der Waals surface area (Å²) in [5.41, 5.74) is 3.25. The third kappa shape index (κ3) is 5.12. The van der Waals surface area contributed by atoms with Crippen molar-refractivity contribution < 1.29 is 23.7 Å². The maximum absolute atomic E-state index is 12.6. The highest BCUT2D eigenvalue weighted by atomic mass is 32.3. The molecule has 0 spiro atoms. The number of aryl methyl sites for hydroxylation is 3. The second-order valence-corrected chi connectivity index (χ2v) is 14.3. The number of aromatic nitrogens is 4. The number of ether oxygens (including phenoxy) is 1. The Bertz CT molecular complexity index is 1600. The van der Waals surface area contributed by atoms with E-state index >= 15 is 0 Å². The lowest BCUT2D eigenvalue weighted by Crippen LogP contribution is -2.34. The Morgan fingerprint density at radius 1 is 1.24 bits per heavy atom. The van der Waals surface area contributed by atoms with E-state index in [1.165, 1.54) is 0 Å². The van der Waals surface area contributed by atoms with Crippen molar-refractivity contribution in [1.82, 2.24) is 24.3 Å². The number of fused-ring (bicyclic) bond motifs is 2. The molecule has 3 aromatic heterocycles. The lowest BCUT2D eigenvalue weighted by molar-refractivity contribution is -0.147. The molecular weight excluding hydrogens is 562 g/mol. The first kappa shape index (κ1) is 29.5. The lowest BCUT2D eigenvalue weighted by Gasteiger charge is -2.41. The second kappa shape index (κ2) is 11.0. The van der Waals surface area contributed by atoms with Crippen LogP contribution in [0, 0.1) is 19.3 Å². The smallest absolute Gasteiger partial charge is 0.310 e. The molecule has 3 N–H and O–H groups in total. The average Bonchev–Trinajstić information content (AvgIpc) is 3.49. The summed E-state index contributed by atoms with van der Waals surface area (Å²) in [5, 5.41) is 19.0. The van der Waals surface area contributed by atoms with E-state index in [1.807, 2.05) is 50.6 Å². The maximum atomic E-state index is 12.6. The molecule has 4 heterocycles. The summed E-state index contributed by atoms with van der Waals surface area (Å²) in [6.07, 6.45) is 1.99. The van der Waals surface area contributed by atoms with E-state index < -0.39 is 28.1 Å². The average molecular weight is 600 g/mol. The van der Waals surface area contributed by atoms with Gasteiger partial charge in [0.05, 0.1) is 17.5 Å². The molecule has 0 bridgehead atoms. The van der Waals surface area contributed by atoms with Gasteiger partial charge in [0.1, 0.15) is 16.5 Å². The van der Waals surface area contributed by atoms with Crippen LogP contribution in [0.3, 0.4) is 0 Å². The van der Waals surface area contributed by atoms with Gasteiger partial charge in [0.15, 0.2) is 0 Å². The van der Waals surface area contributed by atoms with Crippen molar-refractivity contribution in [2.75, 3.05) is 6.54 Å². The quantitative estimate of drug-likeness (QED) is 0.208. The summed E-state index contributed by atoms with van der Waals surface area (Å²) < 4.78 is 32.4. The molecule has 1 aliphatic rings. The Labute approximate surface area is 245 Å². The molecule has 0 radical (unpaired) electrons. The lowest BCUT2D eigenvalue weighted by atomic mass is 9.72. The molecule has 10 nitrogen and oxygen atoms in total. The molecule has 0 fully saturated rings. The largest absolute Gasteiger partial charge is 0.481 e. The van der Waals surface area contributed by atoms with Crippen molar-refractivity contribution in [3.63, 3.8) is 0 Å². The molecule has 0 aliphatic carbocycles. The number of hydrogen-bond acceptors (Lipinski definition) is 9. The van der Waals surface area contributed by atoms with Gasteiger partial charge >= 0.3 is 5.97 Å². The molecule has 5 rings (SSSR count). The van der Waals surface area contributed by atoms with Crippen LogP contribution in [0.15, 0.2) is 41.4 Å². The minimum absolute atomic E-state index is 0.249. The highest BCUT2D eigenvalue weighted by Gasteiger charge is 2.42. The monoisotopic (exact) mass is 599 g/mol. The first-order valence-electron chi connectivity index (χ1n) is 13.7. The molecule has 0 saturated heterocycles. The van der Waals surface area contributed by atoms with Crippen LogP contribution in [-0.4, -0.2) is 57.1 Å². The Balaban J connectivity index is 1.58. The number of aliphatic carboxylic acids is 1. The van der Waals surface area contributed by atoms with Gasteiger partial charge < -0.3 is 9.84 Å². The summed E-state index contributed by atoms with van der Waals surface area (Å²) in [6, 6.07) is 9.31. The Morgan fingerprint density at radius 2 is 2.00 bits per heavy atom. The van der Waals surface area contributed by atoms with Gasteiger partial charge in [0.2, 0.25) is 5.88 Å². The van der Waals surface area contributed by atoms with Crippen LogP contribution >= 0.6 is 22.1 Å². The molecule has 12 heteroatoms. The SMILES string of the molecule is CC[C@@H]1CN(Cc2cc([C@@H](c3ccc4c(nnn4CC)c3C)C(C)(C)C(=O)O)sc2C)S(O)(O)c2cccnc2O1. The zero-order valence-corrected chi connectivity index (χ0v) is 25.8. The molecule has 41 heavy (non-hydrogen) atoms. The number of hydrogen-bond donors (Lipinski definition) is 3. The molecule has 2 atom stereocenters. The Kier molecular flexibility index (Phi) is 7.90. The fourth-order valence-electron chi connectivity index (χ4n) is 5.49. The molecule has 1 aromatic carbocycles. The van der Waals surface area contributed by atoms with E-state index in [0.717, 1.165) is 37.5 Å². The summed E-state index contributed by atoms with van der Waals surface area (Å²) in [4.78, 5) is 19.1. The Hall–Kier alpha value is -3.03. The summed E-state index contributed by atoms with van der Waals surface area (Å²) in [6.45, 7) is 12.7. The van der Waals surface area contributed by atoms with E-state index in [4.69, 9.17) is 4.74 Å².